The van der Waals surface area contributed by atoms with Crippen LogP contribution in [0, 0.1) is 5.82 Å². The first-order chi connectivity index (χ1) is 17.2. The highest BCUT2D eigenvalue weighted by Gasteiger charge is 2.16. The number of rotatable bonds is 6. The van der Waals surface area contributed by atoms with E-state index in [-0.39, 0.29) is 5.82 Å². The summed E-state index contributed by atoms with van der Waals surface area (Å²) in [6.45, 7) is 3.78. The van der Waals surface area contributed by atoms with Crippen molar-refractivity contribution in [3.8, 4) is 33.8 Å². The minimum absolute atomic E-state index is 0.296. The van der Waals surface area contributed by atoms with Crippen LogP contribution >= 0.6 is 0 Å². The number of nitrogens with one attached hydrogen (secondary N) is 3. The van der Waals surface area contributed by atoms with Gasteiger partial charge in [-0.2, -0.15) is 5.10 Å². The lowest BCUT2D eigenvalue weighted by atomic mass is 10.0. The molecule has 4 aromatic heterocycles. The van der Waals surface area contributed by atoms with Crippen molar-refractivity contribution in [3.63, 3.8) is 0 Å². The molecule has 0 amide bonds. The third-order valence-corrected chi connectivity index (χ3v) is 6.20. The molecule has 2 aromatic carbocycles. The van der Waals surface area contributed by atoms with Crippen molar-refractivity contribution in [1.82, 2.24) is 30.5 Å². The van der Waals surface area contributed by atoms with Gasteiger partial charge in [0.25, 0.3) is 0 Å². The molecule has 0 radical (unpaired) electrons. The summed E-state index contributed by atoms with van der Waals surface area (Å²) in [5.74, 6) is -0.296. The van der Waals surface area contributed by atoms with E-state index in [9.17, 15) is 4.39 Å². The molecule has 0 unspecified atom stereocenters. The first-order valence-corrected chi connectivity index (χ1v) is 11.6. The number of fused-ring (bicyclic) bond motifs is 2. The molecule has 0 aliphatic carbocycles. The van der Waals surface area contributed by atoms with E-state index < -0.39 is 0 Å². The number of halogens is 1. The Balaban J connectivity index is 1.45. The maximum Gasteiger partial charge on any atom is 0.132 e. The SMILES string of the molecule is CCNCc1cncc(-c2ccc3[nH]nc(-c4cc5c(-c6ccccc6F)nccc5[nH]4)c3c2)c1. The lowest BCUT2D eigenvalue weighted by molar-refractivity contribution is 0.631. The number of benzene rings is 2. The smallest absolute Gasteiger partial charge is 0.132 e. The first-order valence-electron chi connectivity index (χ1n) is 11.6. The summed E-state index contributed by atoms with van der Waals surface area (Å²) in [7, 11) is 0. The van der Waals surface area contributed by atoms with Gasteiger partial charge < -0.3 is 10.3 Å². The van der Waals surface area contributed by atoms with E-state index in [1.165, 1.54) is 6.07 Å². The van der Waals surface area contributed by atoms with Crippen LogP contribution in [0.5, 0.6) is 0 Å². The van der Waals surface area contributed by atoms with Gasteiger partial charge in [-0.15, -0.1) is 0 Å². The van der Waals surface area contributed by atoms with E-state index in [2.05, 4.69) is 55.6 Å². The summed E-state index contributed by atoms with van der Waals surface area (Å²) in [5, 5.41) is 12.9. The topological polar surface area (TPSA) is 82.3 Å². The summed E-state index contributed by atoms with van der Waals surface area (Å²) in [4.78, 5) is 12.4. The Hall–Kier alpha value is -4.36. The Labute approximate surface area is 201 Å². The highest BCUT2D eigenvalue weighted by molar-refractivity contribution is 6.00. The second-order valence-electron chi connectivity index (χ2n) is 8.48. The molecule has 0 atom stereocenters. The molecule has 0 saturated heterocycles. The fraction of sp³-hybridized carbons (Fsp3) is 0.107. The molecular weight excluding hydrogens is 439 g/mol. The molecule has 0 fully saturated rings. The predicted molar refractivity (Wildman–Crippen MR) is 137 cm³/mol. The van der Waals surface area contributed by atoms with Gasteiger partial charge in [-0.1, -0.05) is 25.1 Å². The summed E-state index contributed by atoms with van der Waals surface area (Å²) in [6, 6.07) is 19.0. The lowest BCUT2D eigenvalue weighted by Crippen LogP contribution is -2.11. The molecule has 3 N–H and O–H groups in total. The average molecular weight is 463 g/mol. The van der Waals surface area contributed by atoms with Crippen LogP contribution in [0.25, 0.3) is 55.6 Å². The van der Waals surface area contributed by atoms with Crippen molar-refractivity contribution in [1.29, 1.82) is 0 Å². The fourth-order valence-electron chi connectivity index (χ4n) is 4.46. The molecule has 7 heteroatoms. The second-order valence-corrected chi connectivity index (χ2v) is 8.48. The van der Waals surface area contributed by atoms with Gasteiger partial charge in [0.15, 0.2) is 0 Å². The standard InChI is InChI=1S/C28H23FN6/c1-2-30-14-17-11-19(16-31-15-17)18-7-8-25-21(12-18)28(35-34-25)26-13-22-24(33-26)9-10-32-27(22)20-5-3-4-6-23(20)29/h3-13,15-16,30,33H,2,14H2,1H3,(H,34,35). The van der Waals surface area contributed by atoms with E-state index in [0.717, 1.165) is 63.0 Å². The molecular formula is C28H23FN6. The molecule has 172 valence electrons. The number of hydrogen-bond acceptors (Lipinski definition) is 4. The van der Waals surface area contributed by atoms with Gasteiger partial charge in [-0.3, -0.25) is 15.1 Å². The average Bonchev–Trinajstić information content (AvgIpc) is 3.51. The zero-order chi connectivity index (χ0) is 23.8. The Morgan fingerprint density at radius 2 is 1.77 bits per heavy atom. The highest BCUT2D eigenvalue weighted by Crippen LogP contribution is 2.35. The zero-order valence-electron chi connectivity index (χ0n) is 19.1. The quantitative estimate of drug-likeness (QED) is 0.280. The van der Waals surface area contributed by atoms with E-state index in [0.29, 0.717) is 11.3 Å². The summed E-state index contributed by atoms with van der Waals surface area (Å²) < 4.78 is 14.5. The minimum Gasteiger partial charge on any atom is -0.353 e. The molecule has 35 heavy (non-hydrogen) atoms. The molecule has 4 heterocycles. The Morgan fingerprint density at radius 3 is 2.66 bits per heavy atom. The van der Waals surface area contributed by atoms with Crippen LogP contribution in [0.2, 0.25) is 0 Å². The monoisotopic (exact) mass is 462 g/mol. The van der Waals surface area contributed by atoms with Gasteiger partial charge in [-0.25, -0.2) is 4.39 Å². The van der Waals surface area contributed by atoms with Crippen molar-refractivity contribution in [2.45, 2.75) is 13.5 Å². The zero-order valence-corrected chi connectivity index (χ0v) is 19.1. The molecule has 0 bridgehead atoms. The van der Waals surface area contributed by atoms with Crippen LogP contribution in [0.1, 0.15) is 12.5 Å². The molecule has 6 aromatic rings. The largest absolute Gasteiger partial charge is 0.353 e. The molecule has 0 saturated carbocycles. The van der Waals surface area contributed by atoms with Crippen molar-refractivity contribution in [2.24, 2.45) is 0 Å². The fourth-order valence-corrected chi connectivity index (χ4v) is 4.46. The molecule has 6 rings (SSSR count). The van der Waals surface area contributed by atoms with E-state index in [1.807, 2.05) is 36.7 Å². The van der Waals surface area contributed by atoms with Crippen molar-refractivity contribution in [3.05, 3.63) is 90.6 Å². The maximum absolute atomic E-state index is 14.5. The number of nitrogens with zero attached hydrogens (tertiary/aromatic N) is 3. The van der Waals surface area contributed by atoms with E-state index >= 15 is 0 Å². The Kier molecular flexibility index (Phi) is 5.31. The normalized spacial score (nSPS) is 11.5. The summed E-state index contributed by atoms with van der Waals surface area (Å²) in [5.41, 5.74) is 7.79. The third kappa shape index (κ3) is 3.86. The summed E-state index contributed by atoms with van der Waals surface area (Å²) in [6.07, 6.45) is 5.46. The van der Waals surface area contributed by atoms with Gasteiger partial charge in [0.1, 0.15) is 11.5 Å². The first kappa shape index (κ1) is 21.2. The molecule has 0 aliphatic rings. The van der Waals surface area contributed by atoms with Crippen LogP contribution in [0.3, 0.4) is 0 Å². The Bertz CT molecular complexity index is 1670. The van der Waals surface area contributed by atoms with Crippen LogP contribution in [-0.2, 0) is 6.54 Å². The van der Waals surface area contributed by atoms with Crippen molar-refractivity contribution in [2.75, 3.05) is 6.54 Å². The van der Waals surface area contributed by atoms with E-state index in [4.69, 9.17) is 0 Å². The van der Waals surface area contributed by atoms with E-state index in [1.54, 1.807) is 18.3 Å². The molecule has 6 nitrogen and oxygen atoms in total. The van der Waals surface area contributed by atoms with Crippen LogP contribution in [-0.4, -0.2) is 31.7 Å². The number of H-pyrrole nitrogens is 2. The van der Waals surface area contributed by atoms with Crippen molar-refractivity contribution >= 4 is 21.8 Å². The van der Waals surface area contributed by atoms with Gasteiger partial charge in [0.2, 0.25) is 0 Å². The highest BCUT2D eigenvalue weighted by atomic mass is 19.1. The van der Waals surface area contributed by atoms with Crippen LogP contribution in [0.4, 0.5) is 4.39 Å². The van der Waals surface area contributed by atoms with Gasteiger partial charge in [-0.05, 0) is 60.1 Å². The summed E-state index contributed by atoms with van der Waals surface area (Å²) >= 11 is 0. The lowest BCUT2D eigenvalue weighted by Gasteiger charge is -2.06. The van der Waals surface area contributed by atoms with Crippen LogP contribution in [0.15, 0.2) is 79.3 Å². The number of aromatic nitrogens is 5. The second kappa shape index (κ2) is 8.77. The molecule has 0 spiro atoms. The predicted octanol–water partition coefficient (Wildman–Crippen LogP) is 6.08. The van der Waals surface area contributed by atoms with Gasteiger partial charge >= 0.3 is 0 Å². The van der Waals surface area contributed by atoms with Gasteiger partial charge in [0.05, 0.1) is 16.9 Å². The van der Waals surface area contributed by atoms with Crippen molar-refractivity contribution < 1.29 is 4.39 Å². The Morgan fingerprint density at radius 1 is 0.886 bits per heavy atom. The van der Waals surface area contributed by atoms with Crippen LogP contribution < -0.4 is 5.32 Å². The molecule has 0 aliphatic heterocycles. The maximum atomic E-state index is 14.5. The third-order valence-electron chi connectivity index (χ3n) is 6.20. The number of pyridine rings is 2. The number of aromatic amines is 2. The van der Waals surface area contributed by atoms with Gasteiger partial charge in [0, 0.05) is 52.6 Å². The minimum atomic E-state index is -0.296. The number of hydrogen-bond donors (Lipinski definition) is 3.